The first-order chi connectivity index (χ1) is 19.8. The molecule has 6 rings (SSSR count). The zero-order valence-corrected chi connectivity index (χ0v) is 23.2. The maximum absolute atomic E-state index is 13.2. The van der Waals surface area contributed by atoms with Crippen molar-refractivity contribution in [1.82, 2.24) is 39.7 Å². The Labute approximate surface area is 236 Å². The SMILES string of the molecule is CC(=O)c1c(C(C)CC2CCC(C)N2C(=O)c2ncn[nH]2)nc2c(-c3ccc(-c4ccccc4)nc3)cnn2c1N. The number of aromatic amines is 1. The molecule has 1 saturated heterocycles. The van der Waals surface area contributed by atoms with Gasteiger partial charge in [-0.05, 0) is 39.2 Å². The van der Waals surface area contributed by atoms with Crippen molar-refractivity contribution in [3.63, 3.8) is 0 Å². The number of nitrogens with one attached hydrogen (secondary N) is 1. The summed E-state index contributed by atoms with van der Waals surface area (Å²) in [5.74, 6) is -0.0508. The fraction of sp³-hybridized carbons (Fsp3) is 0.300. The molecular weight excluding hydrogens is 518 g/mol. The second kappa shape index (κ2) is 10.6. The summed E-state index contributed by atoms with van der Waals surface area (Å²) in [6.45, 7) is 5.55. The number of benzene rings is 1. The molecule has 0 radical (unpaired) electrons. The number of amides is 1. The van der Waals surface area contributed by atoms with Crippen molar-refractivity contribution in [3.8, 4) is 22.4 Å². The highest BCUT2D eigenvalue weighted by molar-refractivity contribution is 6.00. The van der Waals surface area contributed by atoms with Gasteiger partial charge in [-0.3, -0.25) is 19.7 Å². The fourth-order valence-electron chi connectivity index (χ4n) is 5.91. The number of hydrogen-bond donors (Lipinski definition) is 2. The highest BCUT2D eigenvalue weighted by Crippen LogP contribution is 2.36. The third kappa shape index (κ3) is 4.73. The molecular formula is C30H31N9O2. The summed E-state index contributed by atoms with van der Waals surface area (Å²) < 4.78 is 1.52. The molecule has 5 heterocycles. The first-order valence-electron chi connectivity index (χ1n) is 13.7. The van der Waals surface area contributed by atoms with Crippen LogP contribution in [0.1, 0.15) is 72.6 Å². The Bertz CT molecular complexity index is 1710. The highest BCUT2D eigenvalue weighted by Gasteiger charge is 2.37. The predicted molar refractivity (Wildman–Crippen MR) is 154 cm³/mol. The van der Waals surface area contributed by atoms with Crippen LogP contribution in [0, 0.1) is 0 Å². The molecule has 1 fully saturated rings. The van der Waals surface area contributed by atoms with E-state index in [4.69, 9.17) is 10.7 Å². The molecule has 3 atom stereocenters. The molecule has 1 aliphatic rings. The number of pyridine rings is 1. The van der Waals surface area contributed by atoms with Crippen molar-refractivity contribution < 1.29 is 9.59 Å². The van der Waals surface area contributed by atoms with Gasteiger partial charge >= 0.3 is 0 Å². The topological polar surface area (TPSA) is 148 Å². The number of carbonyl (C=O) groups is 2. The van der Waals surface area contributed by atoms with Crippen LogP contribution >= 0.6 is 0 Å². The minimum Gasteiger partial charge on any atom is -0.383 e. The van der Waals surface area contributed by atoms with Gasteiger partial charge in [0, 0.05) is 40.9 Å². The zero-order valence-electron chi connectivity index (χ0n) is 23.2. The average Bonchev–Trinajstić information content (AvgIpc) is 3.74. The van der Waals surface area contributed by atoms with Crippen molar-refractivity contribution in [2.75, 3.05) is 5.73 Å². The van der Waals surface area contributed by atoms with Crippen LogP contribution in [0.25, 0.3) is 28.0 Å². The molecule has 0 spiro atoms. The number of nitrogens with two attached hydrogens (primary N) is 1. The molecule has 41 heavy (non-hydrogen) atoms. The number of likely N-dealkylation sites (tertiary alicyclic amines) is 1. The van der Waals surface area contributed by atoms with Crippen molar-refractivity contribution in [2.45, 2.75) is 58.0 Å². The first kappa shape index (κ1) is 26.3. The van der Waals surface area contributed by atoms with E-state index in [9.17, 15) is 9.59 Å². The number of ketones is 1. The first-order valence-corrected chi connectivity index (χ1v) is 13.7. The number of H-pyrrole nitrogens is 1. The van der Waals surface area contributed by atoms with Crippen molar-refractivity contribution in [2.24, 2.45) is 0 Å². The van der Waals surface area contributed by atoms with Gasteiger partial charge in [0.15, 0.2) is 11.4 Å². The van der Waals surface area contributed by atoms with E-state index in [-0.39, 0.29) is 41.3 Å². The van der Waals surface area contributed by atoms with Crippen molar-refractivity contribution >= 4 is 23.2 Å². The zero-order chi connectivity index (χ0) is 28.7. The van der Waals surface area contributed by atoms with Gasteiger partial charge in [-0.2, -0.15) is 14.7 Å². The molecule has 1 aliphatic heterocycles. The number of aromatic nitrogens is 7. The number of hydrogen-bond acceptors (Lipinski definition) is 8. The van der Waals surface area contributed by atoms with E-state index in [1.165, 1.54) is 17.8 Å². The standard InChI is InChI=1S/C30H31N9O2/c1-17(13-22-11-9-18(2)38(22)30(41)28-33-16-34-37-28)26-25(19(3)40)27(31)39-29(36-26)23(15-35-39)21-10-12-24(32-14-21)20-7-5-4-6-8-20/h4-8,10,12,14-18,22H,9,11,13,31H2,1-3H3,(H,33,34,37). The van der Waals surface area contributed by atoms with Gasteiger partial charge in [0.1, 0.15) is 12.1 Å². The predicted octanol–water partition coefficient (Wildman–Crippen LogP) is 4.55. The Morgan fingerprint density at radius 1 is 1.07 bits per heavy atom. The Morgan fingerprint density at radius 2 is 1.88 bits per heavy atom. The fourth-order valence-corrected chi connectivity index (χ4v) is 5.91. The molecule has 1 amide bonds. The number of fused-ring (bicyclic) bond motifs is 1. The minimum absolute atomic E-state index is 0.0456. The van der Waals surface area contributed by atoms with E-state index < -0.39 is 0 Å². The van der Waals surface area contributed by atoms with Crippen LogP contribution in [0.5, 0.6) is 0 Å². The summed E-state index contributed by atoms with van der Waals surface area (Å²) in [5, 5.41) is 11.0. The maximum Gasteiger partial charge on any atom is 0.291 e. The number of carbonyl (C=O) groups excluding carboxylic acids is 2. The van der Waals surface area contributed by atoms with E-state index in [0.717, 1.165) is 35.2 Å². The van der Waals surface area contributed by atoms with Crippen LogP contribution in [-0.2, 0) is 0 Å². The van der Waals surface area contributed by atoms with Crippen LogP contribution in [0.15, 0.2) is 61.2 Å². The van der Waals surface area contributed by atoms with Gasteiger partial charge in [-0.1, -0.05) is 43.3 Å². The van der Waals surface area contributed by atoms with Gasteiger partial charge in [0.2, 0.25) is 5.82 Å². The molecule has 0 bridgehead atoms. The Hall–Kier alpha value is -4.93. The quantitative estimate of drug-likeness (QED) is 0.281. The number of anilines is 1. The molecule has 208 valence electrons. The average molecular weight is 550 g/mol. The number of nitrogens with zero attached hydrogens (tertiary/aromatic N) is 7. The molecule has 11 nitrogen and oxygen atoms in total. The second-order valence-corrected chi connectivity index (χ2v) is 10.7. The Kier molecular flexibility index (Phi) is 6.78. The van der Waals surface area contributed by atoms with Crippen molar-refractivity contribution in [1.29, 1.82) is 0 Å². The van der Waals surface area contributed by atoms with E-state index >= 15 is 0 Å². The van der Waals surface area contributed by atoms with Gasteiger partial charge in [0.05, 0.1) is 23.1 Å². The summed E-state index contributed by atoms with van der Waals surface area (Å²) in [7, 11) is 0. The lowest BCUT2D eigenvalue weighted by atomic mass is 9.92. The molecule has 5 aromatic rings. The van der Waals surface area contributed by atoms with Gasteiger partial charge in [-0.25, -0.2) is 9.97 Å². The molecule has 4 aromatic heterocycles. The van der Waals surface area contributed by atoms with E-state index in [0.29, 0.717) is 23.3 Å². The van der Waals surface area contributed by atoms with Crippen molar-refractivity contribution in [3.05, 3.63) is 78.3 Å². The van der Waals surface area contributed by atoms with Crippen LogP contribution in [-0.4, -0.2) is 63.4 Å². The van der Waals surface area contributed by atoms with Crippen LogP contribution in [0.2, 0.25) is 0 Å². The molecule has 1 aromatic carbocycles. The van der Waals surface area contributed by atoms with E-state index in [1.807, 2.05) is 61.2 Å². The Morgan fingerprint density at radius 3 is 2.56 bits per heavy atom. The van der Waals surface area contributed by atoms with Gasteiger partial charge in [0.25, 0.3) is 5.91 Å². The lowest BCUT2D eigenvalue weighted by Gasteiger charge is -2.30. The minimum atomic E-state index is -0.181. The maximum atomic E-state index is 13.2. The molecule has 0 saturated carbocycles. The lowest BCUT2D eigenvalue weighted by Crippen LogP contribution is -2.41. The van der Waals surface area contributed by atoms with Crippen LogP contribution < -0.4 is 5.73 Å². The summed E-state index contributed by atoms with van der Waals surface area (Å²) in [5.41, 5.74) is 11.6. The monoisotopic (exact) mass is 549 g/mol. The largest absolute Gasteiger partial charge is 0.383 e. The smallest absolute Gasteiger partial charge is 0.291 e. The highest BCUT2D eigenvalue weighted by atomic mass is 16.2. The summed E-state index contributed by atoms with van der Waals surface area (Å²) in [6, 6.07) is 13.9. The van der Waals surface area contributed by atoms with Gasteiger partial charge < -0.3 is 10.6 Å². The molecule has 3 unspecified atom stereocenters. The summed E-state index contributed by atoms with van der Waals surface area (Å²) >= 11 is 0. The van der Waals surface area contributed by atoms with Crippen LogP contribution in [0.4, 0.5) is 5.82 Å². The molecule has 11 heteroatoms. The van der Waals surface area contributed by atoms with Gasteiger partial charge in [-0.15, -0.1) is 0 Å². The van der Waals surface area contributed by atoms with Crippen LogP contribution in [0.3, 0.4) is 0 Å². The normalized spacial score (nSPS) is 17.7. The number of Topliss-reactive ketones (excluding diaryl/α,β-unsaturated/α-hetero) is 1. The lowest BCUT2D eigenvalue weighted by molar-refractivity contribution is 0.0654. The van der Waals surface area contributed by atoms with E-state index in [1.54, 1.807) is 12.4 Å². The molecule has 0 aliphatic carbocycles. The molecule has 3 N–H and O–H groups in total. The number of nitrogen functional groups attached to an aromatic ring is 1. The third-order valence-electron chi connectivity index (χ3n) is 7.94. The third-order valence-corrected chi connectivity index (χ3v) is 7.94. The van der Waals surface area contributed by atoms with E-state index in [2.05, 4.69) is 25.3 Å². The summed E-state index contributed by atoms with van der Waals surface area (Å²) in [6.07, 6.45) is 7.17. The summed E-state index contributed by atoms with van der Waals surface area (Å²) in [4.78, 5) is 41.6. The number of rotatable bonds is 7. The Balaban J connectivity index is 1.35. The second-order valence-electron chi connectivity index (χ2n) is 10.7.